The topological polar surface area (TPSA) is 57.6 Å². The quantitative estimate of drug-likeness (QED) is 0.797. The Morgan fingerprint density at radius 1 is 1.44 bits per heavy atom. The smallest absolute Gasteiger partial charge is 0.326 e. The van der Waals surface area contributed by atoms with Gasteiger partial charge in [-0.05, 0) is 18.3 Å². The van der Waals surface area contributed by atoms with Gasteiger partial charge in [0, 0.05) is 13.0 Å². The average molecular weight is 227 g/mol. The molecule has 0 aliphatic carbocycles. The molecule has 92 valence electrons. The van der Waals surface area contributed by atoms with Gasteiger partial charge in [-0.1, -0.05) is 27.2 Å². The molecule has 1 aliphatic heterocycles. The van der Waals surface area contributed by atoms with Crippen LogP contribution in [0.25, 0.3) is 0 Å². The molecule has 1 fully saturated rings. The summed E-state index contributed by atoms with van der Waals surface area (Å²) in [5.41, 5.74) is -0.0390. The van der Waals surface area contributed by atoms with Gasteiger partial charge >= 0.3 is 5.97 Å². The zero-order valence-corrected chi connectivity index (χ0v) is 10.3. The molecule has 16 heavy (non-hydrogen) atoms. The van der Waals surface area contributed by atoms with Crippen molar-refractivity contribution in [2.24, 2.45) is 5.41 Å². The van der Waals surface area contributed by atoms with Crippen LogP contribution in [0, 0.1) is 5.41 Å². The third-order valence-corrected chi connectivity index (χ3v) is 3.45. The Morgan fingerprint density at radius 3 is 2.56 bits per heavy atom. The monoisotopic (exact) mass is 227 g/mol. The van der Waals surface area contributed by atoms with Crippen LogP contribution in [-0.2, 0) is 9.59 Å². The first-order chi connectivity index (χ1) is 7.37. The molecule has 1 amide bonds. The summed E-state index contributed by atoms with van der Waals surface area (Å²) >= 11 is 0. The van der Waals surface area contributed by atoms with E-state index < -0.39 is 12.0 Å². The van der Waals surface area contributed by atoms with Crippen molar-refractivity contribution in [3.05, 3.63) is 0 Å². The fraction of sp³-hybridized carbons (Fsp3) is 0.833. The number of carboxylic acid groups (broad SMARTS) is 1. The summed E-state index contributed by atoms with van der Waals surface area (Å²) in [6, 6.07) is -0.597. The first kappa shape index (κ1) is 13.0. The molecule has 0 aromatic rings. The van der Waals surface area contributed by atoms with Gasteiger partial charge < -0.3 is 10.0 Å². The number of carbonyl (C=O) groups excluding carboxylic acids is 1. The number of nitrogens with zero attached hydrogens (tertiary/aromatic N) is 1. The number of carboxylic acids is 1. The third-order valence-electron chi connectivity index (χ3n) is 3.45. The second-order valence-electron chi connectivity index (χ2n) is 5.28. The lowest BCUT2D eigenvalue weighted by molar-refractivity contribution is -0.149. The Morgan fingerprint density at radius 2 is 2.06 bits per heavy atom. The number of hydrogen-bond donors (Lipinski definition) is 1. The zero-order chi connectivity index (χ0) is 12.3. The highest BCUT2D eigenvalue weighted by Crippen LogP contribution is 2.28. The molecular formula is C12H21NO3. The highest BCUT2D eigenvalue weighted by atomic mass is 16.4. The second-order valence-corrected chi connectivity index (χ2v) is 5.28. The molecule has 4 nitrogen and oxygen atoms in total. The molecule has 0 radical (unpaired) electrons. The summed E-state index contributed by atoms with van der Waals surface area (Å²) in [6.45, 7) is 6.72. The van der Waals surface area contributed by atoms with Crippen molar-refractivity contribution in [3.63, 3.8) is 0 Å². The number of amides is 1. The number of rotatable bonds is 4. The van der Waals surface area contributed by atoms with Gasteiger partial charge in [-0.25, -0.2) is 4.79 Å². The summed E-state index contributed by atoms with van der Waals surface area (Å²) in [5.74, 6) is -0.892. The fourth-order valence-corrected chi connectivity index (χ4v) is 1.96. The van der Waals surface area contributed by atoms with Crippen LogP contribution in [0.1, 0.15) is 46.5 Å². The van der Waals surface area contributed by atoms with Crippen molar-refractivity contribution in [3.8, 4) is 0 Å². The van der Waals surface area contributed by atoms with Crippen molar-refractivity contribution in [2.45, 2.75) is 52.5 Å². The largest absolute Gasteiger partial charge is 0.480 e. The van der Waals surface area contributed by atoms with Crippen molar-refractivity contribution in [1.29, 1.82) is 0 Å². The van der Waals surface area contributed by atoms with E-state index in [0.29, 0.717) is 19.4 Å². The first-order valence-electron chi connectivity index (χ1n) is 5.89. The molecule has 4 heteroatoms. The van der Waals surface area contributed by atoms with Crippen LogP contribution in [0.5, 0.6) is 0 Å². The molecule has 1 atom stereocenters. The van der Waals surface area contributed by atoms with E-state index in [1.165, 1.54) is 4.90 Å². The minimum absolute atomic E-state index is 0.0169. The summed E-state index contributed by atoms with van der Waals surface area (Å²) in [4.78, 5) is 24.5. The van der Waals surface area contributed by atoms with Crippen LogP contribution in [0.2, 0.25) is 0 Å². The van der Waals surface area contributed by atoms with Gasteiger partial charge in [0.25, 0.3) is 0 Å². The van der Waals surface area contributed by atoms with E-state index >= 15 is 0 Å². The lowest BCUT2D eigenvalue weighted by Gasteiger charge is -2.27. The maximum absolute atomic E-state index is 12.0. The molecule has 0 saturated carbocycles. The minimum atomic E-state index is -0.875. The van der Waals surface area contributed by atoms with Crippen LogP contribution in [0.3, 0.4) is 0 Å². The minimum Gasteiger partial charge on any atom is -0.480 e. The third kappa shape index (κ3) is 2.97. The van der Waals surface area contributed by atoms with E-state index in [4.69, 9.17) is 5.11 Å². The Hall–Kier alpha value is -1.06. The first-order valence-corrected chi connectivity index (χ1v) is 5.89. The van der Waals surface area contributed by atoms with E-state index in [2.05, 4.69) is 0 Å². The lowest BCUT2D eigenvalue weighted by Crippen LogP contribution is -2.41. The predicted octanol–water partition coefficient (Wildman–Crippen LogP) is 1.89. The maximum Gasteiger partial charge on any atom is 0.326 e. The van der Waals surface area contributed by atoms with Gasteiger partial charge in [-0.3, -0.25) is 4.79 Å². The Labute approximate surface area is 96.6 Å². The maximum atomic E-state index is 12.0. The van der Waals surface area contributed by atoms with E-state index in [1.807, 2.05) is 20.8 Å². The van der Waals surface area contributed by atoms with Gasteiger partial charge in [-0.15, -0.1) is 0 Å². The Balaban J connectivity index is 2.63. The summed E-state index contributed by atoms with van der Waals surface area (Å²) in [7, 11) is 0. The fourth-order valence-electron chi connectivity index (χ4n) is 1.96. The van der Waals surface area contributed by atoms with Gasteiger partial charge in [0.05, 0.1) is 0 Å². The lowest BCUT2D eigenvalue weighted by atomic mass is 9.86. The van der Waals surface area contributed by atoms with E-state index in [9.17, 15) is 9.59 Å². The van der Waals surface area contributed by atoms with Gasteiger partial charge in [0.1, 0.15) is 6.04 Å². The number of hydrogen-bond acceptors (Lipinski definition) is 2. The van der Waals surface area contributed by atoms with E-state index in [0.717, 1.165) is 12.8 Å². The Bertz CT molecular complexity index is 286. The summed E-state index contributed by atoms with van der Waals surface area (Å²) in [6.07, 6.45) is 2.75. The second kappa shape index (κ2) is 4.85. The molecular weight excluding hydrogens is 206 g/mol. The van der Waals surface area contributed by atoms with E-state index in [-0.39, 0.29) is 11.3 Å². The highest BCUT2D eigenvalue weighted by molar-refractivity contribution is 5.84. The standard InChI is InChI=1S/C12H21NO3/c1-4-12(2,3)8-10(14)13-7-5-6-9(13)11(15)16/h9H,4-8H2,1-3H3,(H,15,16). The van der Waals surface area contributed by atoms with Gasteiger partial charge in [0.2, 0.25) is 5.91 Å². The van der Waals surface area contributed by atoms with Crippen molar-refractivity contribution < 1.29 is 14.7 Å². The van der Waals surface area contributed by atoms with Crippen LogP contribution in [-0.4, -0.2) is 34.5 Å². The molecule has 0 spiro atoms. The number of carbonyl (C=O) groups is 2. The highest BCUT2D eigenvalue weighted by Gasteiger charge is 2.35. The molecule has 1 saturated heterocycles. The van der Waals surface area contributed by atoms with Crippen molar-refractivity contribution in [2.75, 3.05) is 6.54 Å². The molecule has 1 unspecified atom stereocenters. The molecule has 1 aliphatic rings. The summed E-state index contributed by atoms with van der Waals surface area (Å²) < 4.78 is 0. The molecule has 1 rings (SSSR count). The SMILES string of the molecule is CCC(C)(C)CC(=O)N1CCCC1C(=O)O. The van der Waals surface area contributed by atoms with E-state index in [1.54, 1.807) is 0 Å². The van der Waals surface area contributed by atoms with Crippen LogP contribution in [0.4, 0.5) is 0 Å². The normalized spacial score (nSPS) is 21.2. The molecule has 0 bridgehead atoms. The van der Waals surface area contributed by atoms with Gasteiger partial charge in [-0.2, -0.15) is 0 Å². The van der Waals surface area contributed by atoms with Crippen molar-refractivity contribution >= 4 is 11.9 Å². The molecule has 0 aromatic heterocycles. The van der Waals surface area contributed by atoms with Crippen LogP contribution < -0.4 is 0 Å². The Kier molecular flexibility index (Phi) is 3.94. The number of aliphatic carboxylic acids is 1. The summed E-state index contributed by atoms with van der Waals surface area (Å²) in [5, 5.41) is 8.99. The van der Waals surface area contributed by atoms with Gasteiger partial charge in [0.15, 0.2) is 0 Å². The average Bonchev–Trinajstić information content (AvgIpc) is 2.65. The van der Waals surface area contributed by atoms with Crippen molar-refractivity contribution in [1.82, 2.24) is 4.90 Å². The number of likely N-dealkylation sites (tertiary alicyclic amines) is 1. The van der Waals surface area contributed by atoms with Crippen LogP contribution >= 0.6 is 0 Å². The zero-order valence-electron chi connectivity index (χ0n) is 10.3. The van der Waals surface area contributed by atoms with Crippen LogP contribution in [0.15, 0.2) is 0 Å². The predicted molar refractivity (Wildman–Crippen MR) is 61.1 cm³/mol. The molecule has 1 N–H and O–H groups in total. The molecule has 0 aromatic carbocycles. The molecule has 1 heterocycles.